The standard InChI is InChI=1S/C20H28FN5O4/c1-10-7-24(8-13(10)15(22)9-29-2)17-14(21)6-12-16(18(17)30-3)25(11-4-5-11)20(28)26(23)19(12)27/h6,10-11,13,15H,4-5,7-9,22-23H2,1-3H3/t10-,13-,15+/m0/s1. The van der Waals surface area contributed by atoms with Crippen LogP contribution in [0, 0.1) is 17.7 Å². The second-order valence-electron chi connectivity index (χ2n) is 8.36. The number of halogens is 1. The lowest BCUT2D eigenvalue weighted by Gasteiger charge is -2.25. The Hall–Kier alpha value is -2.59. The number of benzene rings is 1. The van der Waals surface area contributed by atoms with Crippen LogP contribution in [0.1, 0.15) is 25.8 Å². The Labute approximate surface area is 172 Å². The fourth-order valence-corrected chi connectivity index (χ4v) is 4.64. The lowest BCUT2D eigenvalue weighted by molar-refractivity contribution is 0.152. The Balaban J connectivity index is 1.91. The number of nitrogens with two attached hydrogens (primary N) is 2. The van der Waals surface area contributed by atoms with Crippen LogP contribution in [-0.4, -0.2) is 49.2 Å². The molecule has 0 bridgehead atoms. The van der Waals surface area contributed by atoms with E-state index in [1.807, 2.05) is 4.90 Å². The summed E-state index contributed by atoms with van der Waals surface area (Å²) in [6, 6.07) is 0.895. The predicted molar refractivity (Wildman–Crippen MR) is 112 cm³/mol. The van der Waals surface area contributed by atoms with Crippen molar-refractivity contribution in [1.29, 1.82) is 0 Å². The number of nitrogens with zero attached hydrogens (tertiary/aromatic N) is 3. The van der Waals surface area contributed by atoms with Crippen LogP contribution in [-0.2, 0) is 4.74 Å². The molecule has 164 valence electrons. The molecule has 1 aromatic heterocycles. The summed E-state index contributed by atoms with van der Waals surface area (Å²) in [7, 11) is 3.02. The van der Waals surface area contributed by atoms with E-state index >= 15 is 4.39 Å². The van der Waals surface area contributed by atoms with Crippen molar-refractivity contribution in [2.24, 2.45) is 17.6 Å². The van der Waals surface area contributed by atoms with Crippen molar-refractivity contribution in [3.63, 3.8) is 0 Å². The molecule has 1 aromatic carbocycles. The van der Waals surface area contributed by atoms with Gasteiger partial charge in [0.2, 0.25) is 0 Å². The molecule has 0 amide bonds. The van der Waals surface area contributed by atoms with E-state index in [9.17, 15) is 9.59 Å². The van der Waals surface area contributed by atoms with Gasteiger partial charge in [0.1, 0.15) is 11.2 Å². The van der Waals surface area contributed by atoms with Gasteiger partial charge in [0.05, 0.1) is 19.1 Å². The van der Waals surface area contributed by atoms with Gasteiger partial charge in [-0.05, 0) is 30.7 Å². The van der Waals surface area contributed by atoms with Crippen molar-refractivity contribution in [3.8, 4) is 5.75 Å². The molecule has 2 fully saturated rings. The van der Waals surface area contributed by atoms with E-state index in [0.717, 1.165) is 18.9 Å². The topological polar surface area (TPSA) is 118 Å². The highest BCUT2D eigenvalue weighted by molar-refractivity contribution is 5.91. The van der Waals surface area contributed by atoms with E-state index in [4.69, 9.17) is 21.1 Å². The molecule has 1 aliphatic heterocycles. The largest absolute Gasteiger partial charge is 0.492 e. The molecule has 0 unspecified atom stereocenters. The van der Waals surface area contributed by atoms with Gasteiger partial charge in [-0.3, -0.25) is 9.36 Å². The summed E-state index contributed by atoms with van der Waals surface area (Å²) in [5.74, 6) is 5.58. The van der Waals surface area contributed by atoms with Crippen molar-refractivity contribution >= 4 is 16.6 Å². The van der Waals surface area contributed by atoms with Gasteiger partial charge in [-0.25, -0.2) is 9.18 Å². The van der Waals surface area contributed by atoms with E-state index in [2.05, 4.69) is 6.92 Å². The molecular formula is C20H28FN5O4. The monoisotopic (exact) mass is 421 g/mol. The number of hydrogen-bond donors (Lipinski definition) is 2. The van der Waals surface area contributed by atoms with E-state index in [1.54, 1.807) is 7.11 Å². The summed E-state index contributed by atoms with van der Waals surface area (Å²) in [4.78, 5) is 27.2. The molecule has 10 heteroatoms. The molecule has 4 rings (SSSR count). The Morgan fingerprint density at radius 2 is 1.97 bits per heavy atom. The summed E-state index contributed by atoms with van der Waals surface area (Å²) in [6.45, 7) is 3.57. The van der Waals surface area contributed by atoms with Crippen molar-refractivity contribution < 1.29 is 13.9 Å². The Kier molecular flexibility index (Phi) is 5.23. The highest BCUT2D eigenvalue weighted by atomic mass is 19.1. The maximum Gasteiger partial charge on any atom is 0.350 e. The van der Waals surface area contributed by atoms with Gasteiger partial charge in [0, 0.05) is 32.3 Å². The van der Waals surface area contributed by atoms with Gasteiger partial charge in [-0.1, -0.05) is 6.92 Å². The number of anilines is 1. The van der Waals surface area contributed by atoms with Crippen molar-refractivity contribution in [3.05, 3.63) is 32.7 Å². The SMILES string of the molecule is COC[C@@H](N)[C@H]1CN(c2c(F)cc3c(=O)n(N)c(=O)n(C4CC4)c3c2OC)C[C@@H]1C. The maximum absolute atomic E-state index is 15.3. The number of rotatable bonds is 6. The van der Waals surface area contributed by atoms with E-state index in [-0.39, 0.29) is 40.7 Å². The third-order valence-corrected chi connectivity index (χ3v) is 6.30. The first-order valence-corrected chi connectivity index (χ1v) is 10.1. The van der Waals surface area contributed by atoms with Crippen LogP contribution in [0.5, 0.6) is 5.75 Å². The highest BCUT2D eigenvalue weighted by Crippen LogP contribution is 2.44. The number of hydrogen-bond acceptors (Lipinski definition) is 7. The number of fused-ring (bicyclic) bond motifs is 1. The fraction of sp³-hybridized carbons (Fsp3) is 0.600. The van der Waals surface area contributed by atoms with E-state index in [1.165, 1.54) is 11.7 Å². The lowest BCUT2D eigenvalue weighted by atomic mass is 9.91. The third-order valence-electron chi connectivity index (χ3n) is 6.30. The third kappa shape index (κ3) is 3.14. The number of nitrogen functional groups attached to an aromatic ring is 1. The fourth-order valence-electron chi connectivity index (χ4n) is 4.64. The molecule has 4 N–H and O–H groups in total. The van der Waals surface area contributed by atoms with Crippen LogP contribution in [0.4, 0.5) is 10.1 Å². The first kappa shape index (κ1) is 20.7. The first-order chi connectivity index (χ1) is 14.3. The zero-order valence-electron chi connectivity index (χ0n) is 17.4. The van der Waals surface area contributed by atoms with Crippen LogP contribution in [0.15, 0.2) is 15.7 Å². The normalized spacial score (nSPS) is 22.6. The zero-order valence-corrected chi connectivity index (χ0v) is 17.4. The van der Waals surface area contributed by atoms with Gasteiger partial charge in [-0.15, -0.1) is 0 Å². The number of aromatic nitrogens is 2. The minimum Gasteiger partial charge on any atom is -0.492 e. The average molecular weight is 421 g/mol. The number of ether oxygens (including phenoxy) is 2. The lowest BCUT2D eigenvalue weighted by Crippen LogP contribution is -2.44. The molecule has 1 saturated carbocycles. The molecule has 0 spiro atoms. The van der Waals surface area contributed by atoms with Gasteiger partial charge in [0.15, 0.2) is 11.6 Å². The second kappa shape index (κ2) is 7.59. The van der Waals surface area contributed by atoms with Crippen LogP contribution in [0.3, 0.4) is 0 Å². The molecule has 0 radical (unpaired) electrons. The second-order valence-corrected chi connectivity index (χ2v) is 8.36. The van der Waals surface area contributed by atoms with E-state index in [0.29, 0.717) is 29.9 Å². The molecule has 2 aliphatic rings. The molecular weight excluding hydrogens is 393 g/mol. The van der Waals surface area contributed by atoms with Gasteiger partial charge in [0.25, 0.3) is 5.56 Å². The summed E-state index contributed by atoms with van der Waals surface area (Å²) in [5.41, 5.74) is 5.44. The van der Waals surface area contributed by atoms with Gasteiger partial charge >= 0.3 is 5.69 Å². The minimum absolute atomic E-state index is 0.0296. The summed E-state index contributed by atoms with van der Waals surface area (Å²) in [5, 5.41) is 0.0296. The molecule has 1 saturated heterocycles. The van der Waals surface area contributed by atoms with Gasteiger partial charge < -0.3 is 25.9 Å². The quantitative estimate of drug-likeness (QED) is 0.649. The van der Waals surface area contributed by atoms with Crippen molar-refractivity contribution in [1.82, 2.24) is 9.24 Å². The first-order valence-electron chi connectivity index (χ1n) is 10.1. The smallest absolute Gasteiger partial charge is 0.350 e. The Morgan fingerprint density at radius 1 is 1.27 bits per heavy atom. The minimum atomic E-state index is -0.745. The summed E-state index contributed by atoms with van der Waals surface area (Å²) < 4.78 is 28.1. The molecule has 2 aromatic rings. The Bertz CT molecular complexity index is 1090. The number of methoxy groups -OCH3 is 2. The van der Waals surface area contributed by atoms with Crippen molar-refractivity contribution in [2.75, 3.05) is 44.7 Å². The zero-order chi connectivity index (χ0) is 21.7. The summed E-state index contributed by atoms with van der Waals surface area (Å²) in [6.07, 6.45) is 1.58. The van der Waals surface area contributed by atoms with Crippen LogP contribution in [0.25, 0.3) is 10.9 Å². The molecule has 1 aliphatic carbocycles. The summed E-state index contributed by atoms with van der Waals surface area (Å²) >= 11 is 0. The molecule has 2 heterocycles. The van der Waals surface area contributed by atoms with E-state index < -0.39 is 17.1 Å². The predicted octanol–water partition coefficient (Wildman–Crippen LogP) is 0.406. The molecule has 30 heavy (non-hydrogen) atoms. The molecule has 3 atom stereocenters. The molecule has 9 nitrogen and oxygen atoms in total. The van der Waals surface area contributed by atoms with Crippen LogP contribution in [0.2, 0.25) is 0 Å². The Morgan fingerprint density at radius 3 is 2.57 bits per heavy atom. The average Bonchev–Trinajstić information content (AvgIpc) is 3.47. The van der Waals surface area contributed by atoms with Gasteiger partial charge in [-0.2, -0.15) is 4.68 Å². The van der Waals surface area contributed by atoms with Crippen molar-refractivity contribution in [2.45, 2.75) is 31.8 Å². The maximum atomic E-state index is 15.3. The van der Waals surface area contributed by atoms with Crippen LogP contribution >= 0.6 is 0 Å². The van der Waals surface area contributed by atoms with Crippen LogP contribution < -0.4 is 32.5 Å². The highest BCUT2D eigenvalue weighted by Gasteiger charge is 2.38.